The fourth-order valence-corrected chi connectivity index (χ4v) is 4.74. The molecule has 1 aromatic rings. The number of rotatable bonds is 2. The predicted octanol–water partition coefficient (Wildman–Crippen LogP) is 4.20. The van der Waals surface area contributed by atoms with E-state index in [1.54, 1.807) is 0 Å². The Bertz CT molecular complexity index is 407. The number of hydrogen-bond donors (Lipinski definition) is 1. The summed E-state index contributed by atoms with van der Waals surface area (Å²) in [4.78, 5) is 6.14. The minimum absolute atomic E-state index is 0.286. The van der Waals surface area contributed by atoms with Gasteiger partial charge in [0, 0.05) is 10.8 Å². The van der Waals surface area contributed by atoms with E-state index in [1.165, 1.54) is 42.0 Å². The first-order chi connectivity index (χ1) is 8.78. The largest absolute Gasteiger partial charge is 0.387 e. The molecule has 18 heavy (non-hydrogen) atoms. The fourth-order valence-electron chi connectivity index (χ4n) is 3.41. The predicted molar refractivity (Wildman–Crippen MR) is 75.0 cm³/mol. The molecule has 0 saturated heterocycles. The molecule has 2 aliphatic rings. The number of aliphatic hydroxyl groups excluding tert-OH is 1. The Morgan fingerprint density at radius 3 is 2.67 bits per heavy atom. The zero-order valence-electron chi connectivity index (χ0n) is 11.2. The zero-order valence-corrected chi connectivity index (χ0v) is 12.0. The fraction of sp³-hybridized carbons (Fsp3) is 0.800. The van der Waals surface area contributed by atoms with Crippen molar-refractivity contribution in [2.75, 3.05) is 0 Å². The average molecular weight is 265 g/mol. The van der Waals surface area contributed by atoms with E-state index in [2.05, 4.69) is 6.92 Å². The van der Waals surface area contributed by atoms with Gasteiger partial charge in [0.05, 0.1) is 16.8 Å². The van der Waals surface area contributed by atoms with Crippen molar-refractivity contribution in [1.29, 1.82) is 0 Å². The molecule has 1 unspecified atom stereocenters. The molecule has 2 aliphatic carbocycles. The van der Waals surface area contributed by atoms with Crippen molar-refractivity contribution in [2.45, 2.75) is 70.3 Å². The first kappa shape index (κ1) is 12.6. The Hall–Kier alpha value is -0.410. The molecule has 0 radical (unpaired) electrons. The van der Waals surface area contributed by atoms with Gasteiger partial charge in [-0.05, 0) is 50.9 Å². The van der Waals surface area contributed by atoms with Gasteiger partial charge in [0.25, 0.3) is 0 Å². The van der Waals surface area contributed by atoms with Gasteiger partial charge >= 0.3 is 0 Å². The average Bonchev–Trinajstić information content (AvgIpc) is 2.84. The van der Waals surface area contributed by atoms with Crippen LogP contribution in [0.5, 0.6) is 0 Å². The van der Waals surface area contributed by atoms with E-state index in [9.17, 15) is 5.11 Å². The first-order valence-electron chi connectivity index (χ1n) is 7.45. The summed E-state index contributed by atoms with van der Waals surface area (Å²) in [6.07, 6.45) is 9.56. The normalized spacial score (nSPS) is 32.2. The molecule has 1 saturated carbocycles. The lowest BCUT2D eigenvalue weighted by atomic mass is 9.81. The zero-order chi connectivity index (χ0) is 12.5. The van der Waals surface area contributed by atoms with Crippen LogP contribution in [0.1, 0.15) is 79.5 Å². The van der Waals surface area contributed by atoms with E-state index in [-0.39, 0.29) is 6.10 Å². The van der Waals surface area contributed by atoms with Gasteiger partial charge in [-0.2, -0.15) is 0 Å². The topological polar surface area (TPSA) is 33.1 Å². The molecule has 0 aromatic carbocycles. The molecule has 3 heteroatoms. The molecular weight excluding hydrogens is 242 g/mol. The van der Waals surface area contributed by atoms with Gasteiger partial charge in [0.1, 0.15) is 0 Å². The molecule has 1 aromatic heterocycles. The summed E-state index contributed by atoms with van der Waals surface area (Å²) in [5, 5.41) is 11.3. The van der Waals surface area contributed by atoms with Gasteiger partial charge < -0.3 is 5.11 Å². The van der Waals surface area contributed by atoms with Crippen LogP contribution < -0.4 is 0 Å². The van der Waals surface area contributed by atoms with Crippen LogP contribution in [0, 0.1) is 5.92 Å². The van der Waals surface area contributed by atoms with Crippen LogP contribution in [-0.2, 0) is 6.42 Å². The van der Waals surface area contributed by atoms with Crippen molar-refractivity contribution >= 4 is 11.3 Å². The van der Waals surface area contributed by atoms with E-state index in [1.807, 2.05) is 11.3 Å². The third kappa shape index (κ3) is 2.35. The standard InChI is InChI=1S/C15H23NOS/c1-2-10-6-8-11(9-7-10)15-16-14-12(17)4-3-5-13(14)18-15/h10-12,17H,2-9H2,1H3. The van der Waals surface area contributed by atoms with Crippen LogP contribution in [0.3, 0.4) is 0 Å². The van der Waals surface area contributed by atoms with Crippen LogP contribution in [0.4, 0.5) is 0 Å². The summed E-state index contributed by atoms with van der Waals surface area (Å²) in [5.41, 5.74) is 1.01. The molecule has 100 valence electrons. The van der Waals surface area contributed by atoms with Crippen molar-refractivity contribution in [2.24, 2.45) is 5.92 Å². The molecule has 1 N–H and O–H groups in total. The number of fused-ring (bicyclic) bond motifs is 1. The Balaban J connectivity index is 1.74. The van der Waals surface area contributed by atoms with Crippen LogP contribution in [-0.4, -0.2) is 10.1 Å². The Morgan fingerprint density at radius 1 is 1.22 bits per heavy atom. The molecule has 1 heterocycles. The number of nitrogens with zero attached hydrogens (tertiary/aromatic N) is 1. The highest BCUT2D eigenvalue weighted by Gasteiger charge is 2.28. The molecule has 0 bridgehead atoms. The number of aryl methyl sites for hydroxylation is 1. The minimum Gasteiger partial charge on any atom is -0.387 e. The van der Waals surface area contributed by atoms with Gasteiger partial charge in [-0.3, -0.25) is 0 Å². The molecule has 1 atom stereocenters. The highest BCUT2D eigenvalue weighted by Crippen LogP contribution is 2.41. The maximum Gasteiger partial charge on any atom is 0.0971 e. The molecule has 0 aliphatic heterocycles. The second-order valence-electron chi connectivity index (χ2n) is 5.89. The minimum atomic E-state index is -0.286. The number of aromatic nitrogens is 1. The van der Waals surface area contributed by atoms with E-state index < -0.39 is 0 Å². The van der Waals surface area contributed by atoms with Crippen molar-refractivity contribution in [3.05, 3.63) is 15.6 Å². The number of thiazole rings is 1. The molecule has 3 rings (SSSR count). The SMILES string of the molecule is CCC1CCC(c2nc3c(s2)CCCC3O)CC1. The van der Waals surface area contributed by atoms with E-state index in [0.717, 1.165) is 30.9 Å². The maximum atomic E-state index is 10.00. The van der Waals surface area contributed by atoms with Crippen molar-refractivity contribution in [1.82, 2.24) is 4.98 Å². The number of hydrogen-bond acceptors (Lipinski definition) is 3. The molecule has 1 fully saturated rings. The Labute approximate surface area is 113 Å². The quantitative estimate of drug-likeness (QED) is 0.869. The summed E-state index contributed by atoms with van der Waals surface area (Å²) in [7, 11) is 0. The summed E-state index contributed by atoms with van der Waals surface area (Å²) in [5.74, 6) is 1.62. The van der Waals surface area contributed by atoms with Crippen LogP contribution >= 0.6 is 11.3 Å². The highest BCUT2D eigenvalue weighted by molar-refractivity contribution is 7.11. The van der Waals surface area contributed by atoms with Crippen LogP contribution in [0.25, 0.3) is 0 Å². The van der Waals surface area contributed by atoms with Crippen LogP contribution in [0.15, 0.2) is 0 Å². The molecule has 2 nitrogen and oxygen atoms in total. The van der Waals surface area contributed by atoms with Crippen molar-refractivity contribution in [3.8, 4) is 0 Å². The van der Waals surface area contributed by atoms with Gasteiger partial charge in [-0.15, -0.1) is 11.3 Å². The number of aliphatic hydroxyl groups is 1. The lowest BCUT2D eigenvalue weighted by Crippen LogP contribution is -2.12. The molecule has 0 spiro atoms. The van der Waals surface area contributed by atoms with E-state index >= 15 is 0 Å². The first-order valence-corrected chi connectivity index (χ1v) is 8.27. The molecular formula is C15H23NOS. The Kier molecular flexibility index (Phi) is 3.71. The summed E-state index contributed by atoms with van der Waals surface area (Å²) in [6, 6.07) is 0. The van der Waals surface area contributed by atoms with Gasteiger partial charge in [0.2, 0.25) is 0 Å². The van der Waals surface area contributed by atoms with Gasteiger partial charge in [0.15, 0.2) is 0 Å². The molecule has 0 amide bonds. The second-order valence-corrected chi connectivity index (χ2v) is 7.01. The maximum absolute atomic E-state index is 10.00. The van der Waals surface area contributed by atoms with Gasteiger partial charge in [-0.25, -0.2) is 4.98 Å². The van der Waals surface area contributed by atoms with Crippen molar-refractivity contribution in [3.63, 3.8) is 0 Å². The van der Waals surface area contributed by atoms with Gasteiger partial charge in [-0.1, -0.05) is 13.3 Å². The summed E-state index contributed by atoms with van der Waals surface area (Å²) in [6.45, 7) is 2.31. The lowest BCUT2D eigenvalue weighted by Gasteiger charge is -2.26. The summed E-state index contributed by atoms with van der Waals surface area (Å²) < 4.78 is 0. The van der Waals surface area contributed by atoms with E-state index in [4.69, 9.17) is 4.98 Å². The highest BCUT2D eigenvalue weighted by atomic mass is 32.1. The smallest absolute Gasteiger partial charge is 0.0971 e. The van der Waals surface area contributed by atoms with Crippen molar-refractivity contribution < 1.29 is 5.11 Å². The van der Waals surface area contributed by atoms with E-state index in [0.29, 0.717) is 5.92 Å². The van der Waals surface area contributed by atoms with Crippen LogP contribution in [0.2, 0.25) is 0 Å². The lowest BCUT2D eigenvalue weighted by molar-refractivity contribution is 0.152. The monoisotopic (exact) mass is 265 g/mol. The third-order valence-electron chi connectivity index (χ3n) is 4.71. The summed E-state index contributed by atoms with van der Waals surface area (Å²) >= 11 is 1.88. The third-order valence-corrected chi connectivity index (χ3v) is 6.01. The Morgan fingerprint density at radius 2 is 2.00 bits per heavy atom. The second kappa shape index (κ2) is 5.30.